The van der Waals surface area contributed by atoms with Gasteiger partial charge in [0.15, 0.2) is 0 Å². The Morgan fingerprint density at radius 2 is 2.19 bits per heavy atom. The van der Waals surface area contributed by atoms with Gasteiger partial charge >= 0.3 is 6.18 Å². The molecule has 118 valence electrons. The number of nitrogens with zero attached hydrogens (tertiary/aromatic N) is 1. The van der Waals surface area contributed by atoms with E-state index in [9.17, 15) is 13.2 Å². The molecule has 0 aliphatic carbocycles. The number of alkyl halides is 3. The number of aromatic nitrogens is 1. The van der Waals surface area contributed by atoms with Gasteiger partial charge in [0.05, 0.1) is 23.8 Å². The van der Waals surface area contributed by atoms with Crippen molar-refractivity contribution in [2.75, 3.05) is 6.54 Å². The van der Waals surface area contributed by atoms with Gasteiger partial charge in [-0.05, 0) is 38.8 Å². The smallest absolute Gasteiger partial charge is 0.373 e. The van der Waals surface area contributed by atoms with Gasteiger partial charge in [0.25, 0.3) is 0 Å². The third-order valence-electron chi connectivity index (χ3n) is 3.74. The molecule has 1 saturated heterocycles. The lowest BCUT2D eigenvalue weighted by Crippen LogP contribution is -2.34. The maximum absolute atomic E-state index is 13.2. The van der Waals surface area contributed by atoms with Crippen LogP contribution in [0, 0.1) is 0 Å². The summed E-state index contributed by atoms with van der Waals surface area (Å²) < 4.78 is 45.4. The summed E-state index contributed by atoms with van der Waals surface area (Å²) >= 11 is 0. The van der Waals surface area contributed by atoms with Crippen molar-refractivity contribution in [1.29, 1.82) is 0 Å². The molecule has 21 heavy (non-hydrogen) atoms. The molecule has 0 aromatic carbocycles. The molecule has 1 N–H and O–H groups in total. The molecular formula is C15H21F3N2O. The fourth-order valence-electron chi connectivity index (χ4n) is 2.73. The van der Waals surface area contributed by atoms with Crippen LogP contribution in [-0.2, 0) is 10.9 Å². The number of ether oxygens (including phenoxy) is 1. The molecular weight excluding hydrogens is 281 g/mol. The first kappa shape index (κ1) is 16.2. The van der Waals surface area contributed by atoms with Crippen molar-refractivity contribution in [3.05, 3.63) is 29.6 Å². The molecule has 0 bridgehead atoms. The normalized spacial score (nSPS) is 24.2. The Balaban J connectivity index is 2.32. The van der Waals surface area contributed by atoms with Gasteiger partial charge in [0.2, 0.25) is 0 Å². The fraction of sp³-hybridized carbons (Fsp3) is 0.667. The lowest BCUT2D eigenvalue weighted by molar-refractivity contribution is -0.138. The first-order valence-corrected chi connectivity index (χ1v) is 7.33. The highest BCUT2D eigenvalue weighted by atomic mass is 19.4. The molecule has 0 amide bonds. The first-order chi connectivity index (χ1) is 9.93. The minimum absolute atomic E-state index is 0.0898. The topological polar surface area (TPSA) is 34.2 Å². The molecule has 1 aromatic heterocycles. The summed E-state index contributed by atoms with van der Waals surface area (Å²) in [7, 11) is 0. The standard InChI is InChI=1S/C15H21F3N2O/c1-3-7-20-14(13-5-4-10(2)21-13)11-9-19-8-6-12(11)15(16,17)18/h6,8-10,13-14,20H,3-5,7H2,1-2H3. The summed E-state index contributed by atoms with van der Waals surface area (Å²) in [5.74, 6) is 0. The van der Waals surface area contributed by atoms with Crippen LogP contribution in [0.4, 0.5) is 13.2 Å². The van der Waals surface area contributed by atoms with Crippen LogP contribution in [0.25, 0.3) is 0 Å². The van der Waals surface area contributed by atoms with E-state index in [0.717, 1.165) is 25.3 Å². The molecule has 1 aromatic rings. The van der Waals surface area contributed by atoms with Crippen LogP contribution in [0.3, 0.4) is 0 Å². The zero-order valence-corrected chi connectivity index (χ0v) is 12.3. The Morgan fingerprint density at radius 1 is 1.43 bits per heavy atom. The molecule has 3 nitrogen and oxygen atoms in total. The molecule has 0 saturated carbocycles. The predicted octanol–water partition coefficient (Wildman–Crippen LogP) is 3.71. The third-order valence-corrected chi connectivity index (χ3v) is 3.74. The van der Waals surface area contributed by atoms with E-state index >= 15 is 0 Å². The van der Waals surface area contributed by atoms with E-state index in [1.165, 1.54) is 12.4 Å². The van der Waals surface area contributed by atoms with E-state index in [-0.39, 0.29) is 17.8 Å². The highest BCUT2D eigenvalue weighted by molar-refractivity contribution is 5.30. The summed E-state index contributed by atoms with van der Waals surface area (Å²) in [5, 5.41) is 3.20. The Kier molecular flexibility index (Phi) is 5.22. The number of rotatable bonds is 5. The molecule has 2 rings (SSSR count). The van der Waals surface area contributed by atoms with Gasteiger partial charge in [-0.3, -0.25) is 4.98 Å². The Morgan fingerprint density at radius 3 is 2.76 bits per heavy atom. The molecule has 1 fully saturated rings. The van der Waals surface area contributed by atoms with Gasteiger partial charge < -0.3 is 10.1 Å². The average molecular weight is 302 g/mol. The maximum atomic E-state index is 13.2. The molecule has 6 heteroatoms. The molecule has 2 heterocycles. The van der Waals surface area contributed by atoms with Crippen LogP contribution >= 0.6 is 0 Å². The number of pyridine rings is 1. The molecule has 3 atom stereocenters. The molecule has 0 spiro atoms. The fourth-order valence-corrected chi connectivity index (χ4v) is 2.73. The number of halogens is 3. The maximum Gasteiger partial charge on any atom is 0.416 e. The summed E-state index contributed by atoms with van der Waals surface area (Å²) in [6.45, 7) is 4.58. The van der Waals surface area contributed by atoms with E-state index < -0.39 is 17.8 Å². The highest BCUT2D eigenvalue weighted by Crippen LogP contribution is 2.38. The number of nitrogens with one attached hydrogen (secondary N) is 1. The van der Waals surface area contributed by atoms with Gasteiger partial charge in [-0.1, -0.05) is 6.92 Å². The number of hydrogen-bond donors (Lipinski definition) is 1. The second-order valence-corrected chi connectivity index (χ2v) is 5.45. The van der Waals surface area contributed by atoms with E-state index in [1.807, 2.05) is 13.8 Å². The zero-order valence-electron chi connectivity index (χ0n) is 12.3. The average Bonchev–Trinajstić information content (AvgIpc) is 2.85. The van der Waals surface area contributed by atoms with Crippen LogP contribution in [0.15, 0.2) is 18.5 Å². The molecule has 1 aliphatic rings. The van der Waals surface area contributed by atoms with Crippen molar-refractivity contribution in [1.82, 2.24) is 10.3 Å². The van der Waals surface area contributed by atoms with Crippen molar-refractivity contribution in [3.8, 4) is 0 Å². The number of hydrogen-bond acceptors (Lipinski definition) is 3. The van der Waals surface area contributed by atoms with E-state index in [0.29, 0.717) is 6.54 Å². The predicted molar refractivity (Wildman–Crippen MR) is 73.8 cm³/mol. The van der Waals surface area contributed by atoms with Crippen molar-refractivity contribution in [2.45, 2.75) is 57.5 Å². The van der Waals surface area contributed by atoms with Gasteiger partial charge in [0.1, 0.15) is 0 Å². The van der Waals surface area contributed by atoms with Gasteiger partial charge in [-0.25, -0.2) is 0 Å². The van der Waals surface area contributed by atoms with Crippen LogP contribution in [0.2, 0.25) is 0 Å². The van der Waals surface area contributed by atoms with E-state index in [2.05, 4.69) is 10.3 Å². The zero-order chi connectivity index (χ0) is 15.5. The lowest BCUT2D eigenvalue weighted by Gasteiger charge is -2.27. The largest absolute Gasteiger partial charge is 0.416 e. The second kappa shape index (κ2) is 6.75. The monoisotopic (exact) mass is 302 g/mol. The Labute approximate surface area is 122 Å². The summed E-state index contributed by atoms with van der Waals surface area (Å²) in [6, 6.07) is 0.564. The SMILES string of the molecule is CCCNC(c1cnccc1C(F)(F)F)C1CCC(C)O1. The molecule has 1 aliphatic heterocycles. The van der Waals surface area contributed by atoms with Gasteiger partial charge in [-0.2, -0.15) is 13.2 Å². The third kappa shape index (κ3) is 3.95. The van der Waals surface area contributed by atoms with Crippen LogP contribution in [0.5, 0.6) is 0 Å². The van der Waals surface area contributed by atoms with Crippen molar-refractivity contribution in [3.63, 3.8) is 0 Å². The quantitative estimate of drug-likeness (QED) is 0.900. The highest BCUT2D eigenvalue weighted by Gasteiger charge is 2.39. The summed E-state index contributed by atoms with van der Waals surface area (Å²) in [5.41, 5.74) is -0.452. The molecule has 0 radical (unpaired) electrons. The van der Waals surface area contributed by atoms with Crippen LogP contribution < -0.4 is 5.32 Å². The summed E-state index contributed by atoms with van der Waals surface area (Å²) in [4.78, 5) is 3.88. The minimum Gasteiger partial charge on any atom is -0.373 e. The first-order valence-electron chi connectivity index (χ1n) is 7.33. The Bertz CT molecular complexity index is 464. The van der Waals surface area contributed by atoms with Gasteiger partial charge in [0, 0.05) is 18.0 Å². The van der Waals surface area contributed by atoms with Crippen LogP contribution in [0.1, 0.15) is 50.3 Å². The molecule has 3 unspecified atom stereocenters. The van der Waals surface area contributed by atoms with E-state index in [4.69, 9.17) is 4.74 Å². The summed E-state index contributed by atoms with van der Waals surface area (Å²) in [6.07, 6.45) is 0.438. The lowest BCUT2D eigenvalue weighted by atomic mass is 9.96. The second-order valence-electron chi connectivity index (χ2n) is 5.45. The minimum atomic E-state index is -4.38. The Hall–Kier alpha value is -1.14. The van der Waals surface area contributed by atoms with Crippen LogP contribution in [-0.4, -0.2) is 23.7 Å². The van der Waals surface area contributed by atoms with Crippen molar-refractivity contribution >= 4 is 0 Å². The van der Waals surface area contributed by atoms with Crippen molar-refractivity contribution in [2.24, 2.45) is 0 Å². The van der Waals surface area contributed by atoms with E-state index in [1.54, 1.807) is 0 Å². The van der Waals surface area contributed by atoms with Gasteiger partial charge in [-0.15, -0.1) is 0 Å². The van der Waals surface area contributed by atoms with Crippen molar-refractivity contribution < 1.29 is 17.9 Å².